The van der Waals surface area contributed by atoms with E-state index in [2.05, 4.69) is 45.0 Å². The quantitative estimate of drug-likeness (QED) is 0.860. The molecule has 2 aliphatic rings. The summed E-state index contributed by atoms with van der Waals surface area (Å²) in [5.41, 5.74) is 1.64. The normalized spacial score (nSPS) is 36.5. The molecule has 2 bridgehead atoms. The van der Waals surface area contributed by atoms with Gasteiger partial charge in [-0.2, -0.15) is 0 Å². The van der Waals surface area contributed by atoms with E-state index in [4.69, 9.17) is 0 Å². The molecule has 2 aliphatic heterocycles. The Kier molecular flexibility index (Phi) is 3.77. The van der Waals surface area contributed by atoms with Crippen molar-refractivity contribution in [1.29, 1.82) is 0 Å². The second-order valence-electron chi connectivity index (χ2n) is 7.77. The molecular weight excluding hydrogens is 280 g/mol. The van der Waals surface area contributed by atoms with Crippen LogP contribution in [-0.2, 0) is 21.8 Å². The van der Waals surface area contributed by atoms with Gasteiger partial charge >= 0.3 is 0 Å². The molecule has 0 aromatic heterocycles. The van der Waals surface area contributed by atoms with Crippen molar-refractivity contribution >= 4 is 10.8 Å². The van der Waals surface area contributed by atoms with Gasteiger partial charge in [0.25, 0.3) is 0 Å². The molecule has 2 nitrogen and oxygen atoms in total. The first-order valence-corrected chi connectivity index (χ1v) is 9.30. The molecule has 0 radical (unpaired) electrons. The fourth-order valence-electron chi connectivity index (χ4n) is 3.80. The number of hydrogen-bond acceptors (Lipinski definition) is 2. The highest BCUT2D eigenvalue weighted by Gasteiger charge is 2.46. The average molecular weight is 306 g/mol. The first kappa shape index (κ1) is 15.2. The first-order chi connectivity index (χ1) is 9.79. The molecule has 116 valence electrons. The van der Waals surface area contributed by atoms with Gasteiger partial charge < -0.3 is 5.11 Å². The van der Waals surface area contributed by atoms with Crippen LogP contribution in [0.3, 0.4) is 0 Å². The largest absolute Gasteiger partial charge is 0.385 e. The summed E-state index contributed by atoms with van der Waals surface area (Å²) in [5, 5.41) is 11.5. The fraction of sp³-hybridized carbons (Fsp3) is 0.667. The Hall–Kier alpha value is -0.670. The highest BCUT2D eigenvalue weighted by atomic mass is 32.2. The van der Waals surface area contributed by atoms with Crippen LogP contribution in [0.2, 0.25) is 0 Å². The molecule has 0 spiro atoms. The zero-order valence-electron chi connectivity index (χ0n) is 13.3. The van der Waals surface area contributed by atoms with Gasteiger partial charge in [-0.3, -0.25) is 4.21 Å². The molecule has 3 rings (SSSR count). The predicted molar refractivity (Wildman–Crippen MR) is 87.8 cm³/mol. The smallest absolute Gasteiger partial charge is 0.0919 e. The first-order valence-electron chi connectivity index (χ1n) is 8.02. The summed E-state index contributed by atoms with van der Waals surface area (Å²) < 4.78 is 12.3. The molecule has 21 heavy (non-hydrogen) atoms. The van der Waals surface area contributed by atoms with Crippen molar-refractivity contribution in [3.8, 4) is 0 Å². The summed E-state index contributed by atoms with van der Waals surface area (Å²) in [5.74, 6) is 0. The maximum Gasteiger partial charge on any atom is 0.0919 e. The summed E-state index contributed by atoms with van der Waals surface area (Å²) >= 11 is 0. The summed E-state index contributed by atoms with van der Waals surface area (Å²) in [6.45, 7) is 6.60. The van der Waals surface area contributed by atoms with E-state index in [0.717, 1.165) is 18.4 Å². The van der Waals surface area contributed by atoms with Crippen LogP contribution in [0.25, 0.3) is 0 Å². The van der Waals surface area contributed by atoms with Gasteiger partial charge in [-0.1, -0.05) is 51.5 Å². The van der Waals surface area contributed by atoms with Crippen LogP contribution in [0.15, 0.2) is 24.3 Å². The van der Waals surface area contributed by atoms with E-state index in [9.17, 15) is 9.32 Å². The Morgan fingerprint density at radius 2 is 1.62 bits per heavy atom. The van der Waals surface area contributed by atoms with Gasteiger partial charge in [0, 0.05) is 21.3 Å². The van der Waals surface area contributed by atoms with Crippen LogP contribution in [0.4, 0.5) is 0 Å². The van der Waals surface area contributed by atoms with E-state index < -0.39 is 16.4 Å². The van der Waals surface area contributed by atoms with Gasteiger partial charge in [0.15, 0.2) is 0 Å². The number of fused-ring (bicyclic) bond motifs is 2. The van der Waals surface area contributed by atoms with E-state index >= 15 is 0 Å². The third kappa shape index (κ3) is 2.83. The van der Waals surface area contributed by atoms with Crippen LogP contribution < -0.4 is 0 Å². The van der Waals surface area contributed by atoms with Gasteiger partial charge in [0.2, 0.25) is 0 Å². The topological polar surface area (TPSA) is 37.3 Å². The second kappa shape index (κ2) is 5.20. The van der Waals surface area contributed by atoms with Gasteiger partial charge in [-0.25, -0.2) is 0 Å². The van der Waals surface area contributed by atoms with E-state index in [1.807, 2.05) is 0 Å². The number of hydrogen-bond donors (Lipinski definition) is 1. The molecule has 2 heterocycles. The molecule has 0 aliphatic carbocycles. The Morgan fingerprint density at radius 3 is 2.10 bits per heavy atom. The van der Waals surface area contributed by atoms with Gasteiger partial charge in [-0.15, -0.1) is 0 Å². The maximum absolute atomic E-state index is 12.3. The van der Waals surface area contributed by atoms with Crippen LogP contribution in [0.5, 0.6) is 0 Å². The molecule has 0 amide bonds. The van der Waals surface area contributed by atoms with Crippen molar-refractivity contribution in [2.75, 3.05) is 0 Å². The van der Waals surface area contributed by atoms with Crippen LogP contribution in [-0.4, -0.2) is 19.8 Å². The Morgan fingerprint density at radius 1 is 1.10 bits per heavy atom. The van der Waals surface area contributed by atoms with E-state index in [0.29, 0.717) is 12.8 Å². The van der Waals surface area contributed by atoms with Crippen LogP contribution in [0.1, 0.15) is 64.0 Å². The molecule has 1 aromatic rings. The van der Waals surface area contributed by atoms with Crippen molar-refractivity contribution in [3.05, 3.63) is 35.4 Å². The predicted octanol–water partition coefficient (Wildman–Crippen LogP) is 3.64. The second-order valence-corrected chi connectivity index (χ2v) is 9.76. The lowest BCUT2D eigenvalue weighted by molar-refractivity contribution is 0.00651. The zero-order valence-corrected chi connectivity index (χ0v) is 14.1. The molecular formula is C18H26O2S. The standard InChI is InChI=1S/C18H26O2S/c1-17(2,3)13-7-9-14(10-8-13)18(19)11-15-5-4-6-16(12-18)21(15)20/h7-10,15-16,19H,4-6,11-12H2,1-3H3. The van der Waals surface area contributed by atoms with E-state index in [1.165, 1.54) is 12.0 Å². The summed E-state index contributed by atoms with van der Waals surface area (Å²) in [6.07, 6.45) is 4.49. The maximum atomic E-state index is 12.3. The molecule has 2 unspecified atom stereocenters. The highest BCUT2D eigenvalue weighted by molar-refractivity contribution is 7.86. The monoisotopic (exact) mass is 306 g/mol. The third-order valence-corrected chi connectivity index (χ3v) is 7.25. The summed E-state index contributed by atoms with van der Waals surface area (Å²) in [7, 11) is -0.735. The van der Waals surface area contributed by atoms with Crippen molar-refractivity contribution in [1.82, 2.24) is 0 Å². The molecule has 0 saturated carbocycles. The van der Waals surface area contributed by atoms with Gasteiger partial charge in [-0.05, 0) is 42.2 Å². The van der Waals surface area contributed by atoms with Gasteiger partial charge in [0.05, 0.1) is 5.60 Å². The summed E-state index contributed by atoms with van der Waals surface area (Å²) in [6, 6.07) is 8.42. The van der Waals surface area contributed by atoms with Crippen LogP contribution in [0, 0.1) is 0 Å². The van der Waals surface area contributed by atoms with Crippen molar-refractivity contribution in [2.24, 2.45) is 0 Å². The molecule has 2 fully saturated rings. The van der Waals surface area contributed by atoms with Crippen LogP contribution >= 0.6 is 0 Å². The van der Waals surface area contributed by atoms with Crippen molar-refractivity contribution < 1.29 is 9.32 Å². The molecule has 3 heteroatoms. The van der Waals surface area contributed by atoms with Crippen molar-refractivity contribution in [3.63, 3.8) is 0 Å². The molecule has 1 N–H and O–H groups in total. The lowest BCUT2D eigenvalue weighted by atomic mass is 9.79. The lowest BCUT2D eigenvalue weighted by Crippen LogP contribution is -2.47. The zero-order chi connectivity index (χ0) is 15.3. The SMILES string of the molecule is CC(C)(C)c1ccc(C2(O)CC3CCCC(C2)S3=O)cc1. The summed E-state index contributed by atoms with van der Waals surface area (Å²) in [4.78, 5) is 0. The Labute approximate surface area is 130 Å². The highest BCUT2D eigenvalue weighted by Crippen LogP contribution is 2.44. The van der Waals surface area contributed by atoms with E-state index in [1.54, 1.807) is 0 Å². The minimum absolute atomic E-state index is 0.131. The third-order valence-electron chi connectivity index (χ3n) is 5.13. The Bertz CT molecular complexity index is 525. The number of benzene rings is 1. The minimum atomic E-state index is -0.778. The molecule has 2 saturated heterocycles. The van der Waals surface area contributed by atoms with E-state index in [-0.39, 0.29) is 15.9 Å². The molecule has 2 atom stereocenters. The van der Waals surface area contributed by atoms with Crippen molar-refractivity contribution in [2.45, 2.75) is 74.4 Å². The lowest BCUT2D eigenvalue weighted by Gasteiger charge is -2.44. The average Bonchev–Trinajstić information content (AvgIpc) is 2.40. The van der Waals surface area contributed by atoms with Gasteiger partial charge in [0.1, 0.15) is 0 Å². The fourth-order valence-corrected chi connectivity index (χ4v) is 6.02. The number of rotatable bonds is 1. The minimum Gasteiger partial charge on any atom is -0.385 e. The number of aliphatic hydroxyl groups is 1. The molecule has 1 aromatic carbocycles. The Balaban J connectivity index is 1.87.